The molecule has 0 saturated carbocycles. The van der Waals surface area contributed by atoms with Gasteiger partial charge in [0.15, 0.2) is 5.82 Å². The molecule has 2 aromatic heterocycles. The number of thiazole rings is 1. The van der Waals surface area contributed by atoms with Gasteiger partial charge in [-0.15, -0.1) is 11.3 Å². The van der Waals surface area contributed by atoms with E-state index in [2.05, 4.69) is 15.3 Å². The highest BCUT2D eigenvalue weighted by Crippen LogP contribution is 2.27. The van der Waals surface area contributed by atoms with E-state index in [1.165, 1.54) is 11.3 Å². The standard InChI is InChI=1S/C15H16N4OS/c1-10(2)17-14(20)8-19-12-6-4-3-5-11(12)18-15(19)13-7-16-9-21-13/h3-7,9-10H,8H2,1-2H3,(H,17,20). The maximum Gasteiger partial charge on any atom is 0.240 e. The van der Waals surface area contributed by atoms with Crippen LogP contribution in [0.25, 0.3) is 21.7 Å². The third-order valence-electron chi connectivity index (χ3n) is 3.06. The number of nitrogens with one attached hydrogen (secondary N) is 1. The van der Waals surface area contributed by atoms with Crippen LogP contribution in [0.1, 0.15) is 13.8 Å². The fourth-order valence-corrected chi connectivity index (χ4v) is 2.88. The Morgan fingerprint density at radius 2 is 2.19 bits per heavy atom. The number of rotatable bonds is 4. The van der Waals surface area contributed by atoms with Gasteiger partial charge in [0.05, 0.1) is 21.4 Å². The van der Waals surface area contributed by atoms with Crippen molar-refractivity contribution in [3.05, 3.63) is 36.0 Å². The first-order valence-corrected chi connectivity index (χ1v) is 7.66. The molecular formula is C15H16N4OS. The molecule has 0 saturated heterocycles. The van der Waals surface area contributed by atoms with Gasteiger partial charge in [-0.3, -0.25) is 9.78 Å². The molecule has 1 aromatic carbocycles. The fourth-order valence-electron chi connectivity index (χ4n) is 2.26. The van der Waals surface area contributed by atoms with Crippen LogP contribution in [-0.4, -0.2) is 26.5 Å². The Labute approximate surface area is 126 Å². The summed E-state index contributed by atoms with van der Waals surface area (Å²) in [4.78, 5) is 21.8. The lowest BCUT2D eigenvalue weighted by molar-refractivity contribution is -0.122. The van der Waals surface area contributed by atoms with E-state index in [-0.39, 0.29) is 18.5 Å². The van der Waals surface area contributed by atoms with E-state index >= 15 is 0 Å². The maximum atomic E-state index is 12.1. The molecule has 0 aliphatic heterocycles. The van der Waals surface area contributed by atoms with Crippen LogP contribution in [0.15, 0.2) is 36.0 Å². The molecule has 3 aromatic rings. The van der Waals surface area contributed by atoms with Crippen molar-refractivity contribution in [3.63, 3.8) is 0 Å². The number of para-hydroxylation sites is 2. The van der Waals surface area contributed by atoms with Gasteiger partial charge in [0, 0.05) is 12.2 Å². The molecule has 0 unspecified atom stereocenters. The minimum absolute atomic E-state index is 0.0149. The van der Waals surface area contributed by atoms with Gasteiger partial charge in [-0.25, -0.2) is 4.98 Å². The van der Waals surface area contributed by atoms with Crippen molar-refractivity contribution < 1.29 is 4.79 Å². The SMILES string of the molecule is CC(C)NC(=O)Cn1c(-c2cncs2)nc2ccccc21. The Hall–Kier alpha value is -2.21. The van der Waals surface area contributed by atoms with Crippen molar-refractivity contribution in [2.24, 2.45) is 0 Å². The zero-order valence-electron chi connectivity index (χ0n) is 11.9. The number of amides is 1. The van der Waals surface area contributed by atoms with Crippen molar-refractivity contribution in [1.82, 2.24) is 19.9 Å². The van der Waals surface area contributed by atoms with Gasteiger partial charge < -0.3 is 9.88 Å². The Balaban J connectivity index is 2.06. The smallest absolute Gasteiger partial charge is 0.240 e. The summed E-state index contributed by atoms with van der Waals surface area (Å²) in [5, 5.41) is 2.92. The summed E-state index contributed by atoms with van der Waals surface area (Å²) >= 11 is 1.52. The molecule has 0 aliphatic carbocycles. The number of nitrogens with zero attached hydrogens (tertiary/aromatic N) is 3. The van der Waals surface area contributed by atoms with Gasteiger partial charge in [0.1, 0.15) is 6.54 Å². The molecule has 6 heteroatoms. The Kier molecular flexibility index (Phi) is 3.70. The lowest BCUT2D eigenvalue weighted by atomic mass is 10.3. The molecule has 0 aliphatic rings. The number of carbonyl (C=O) groups is 1. The zero-order valence-corrected chi connectivity index (χ0v) is 12.7. The second-order valence-corrected chi connectivity index (χ2v) is 5.98. The van der Waals surface area contributed by atoms with Crippen molar-refractivity contribution in [3.8, 4) is 10.7 Å². The number of fused-ring (bicyclic) bond motifs is 1. The van der Waals surface area contributed by atoms with E-state index in [4.69, 9.17) is 0 Å². The van der Waals surface area contributed by atoms with E-state index in [1.807, 2.05) is 42.7 Å². The number of carbonyl (C=O) groups excluding carboxylic acids is 1. The predicted molar refractivity (Wildman–Crippen MR) is 84.1 cm³/mol. The second-order valence-electron chi connectivity index (χ2n) is 5.10. The lowest BCUT2D eigenvalue weighted by Crippen LogP contribution is -2.33. The van der Waals surface area contributed by atoms with E-state index in [9.17, 15) is 4.79 Å². The van der Waals surface area contributed by atoms with Crippen LogP contribution in [0.5, 0.6) is 0 Å². The molecule has 1 amide bonds. The molecule has 2 heterocycles. The Morgan fingerprint density at radius 1 is 1.38 bits per heavy atom. The molecule has 3 rings (SSSR count). The minimum atomic E-state index is -0.0149. The topological polar surface area (TPSA) is 59.8 Å². The summed E-state index contributed by atoms with van der Waals surface area (Å²) in [5.74, 6) is 0.775. The molecule has 0 atom stereocenters. The average Bonchev–Trinajstić information content (AvgIpc) is 3.06. The third-order valence-corrected chi connectivity index (χ3v) is 3.83. The van der Waals surface area contributed by atoms with Crippen LogP contribution < -0.4 is 5.32 Å². The third kappa shape index (κ3) is 2.80. The fraction of sp³-hybridized carbons (Fsp3) is 0.267. The van der Waals surface area contributed by atoms with Gasteiger partial charge in [-0.05, 0) is 26.0 Å². The van der Waals surface area contributed by atoms with Gasteiger partial charge in [-0.1, -0.05) is 12.1 Å². The van der Waals surface area contributed by atoms with Gasteiger partial charge in [0.2, 0.25) is 5.91 Å². The van der Waals surface area contributed by atoms with Gasteiger partial charge >= 0.3 is 0 Å². The van der Waals surface area contributed by atoms with E-state index in [0.29, 0.717) is 0 Å². The summed E-state index contributed by atoms with van der Waals surface area (Å²) in [5.41, 5.74) is 3.62. The van der Waals surface area contributed by atoms with E-state index in [0.717, 1.165) is 21.7 Å². The summed E-state index contributed by atoms with van der Waals surface area (Å²) in [6.45, 7) is 4.16. The average molecular weight is 300 g/mol. The number of hydrogen-bond acceptors (Lipinski definition) is 4. The van der Waals surface area contributed by atoms with Crippen molar-refractivity contribution in [2.75, 3.05) is 0 Å². The molecule has 5 nitrogen and oxygen atoms in total. The number of hydrogen-bond donors (Lipinski definition) is 1. The second kappa shape index (κ2) is 5.65. The molecule has 1 N–H and O–H groups in total. The Morgan fingerprint density at radius 3 is 2.90 bits per heavy atom. The van der Waals surface area contributed by atoms with Crippen molar-refractivity contribution in [1.29, 1.82) is 0 Å². The quantitative estimate of drug-likeness (QED) is 0.806. The van der Waals surface area contributed by atoms with Crippen LogP contribution in [0.3, 0.4) is 0 Å². The van der Waals surface area contributed by atoms with Crippen LogP contribution >= 0.6 is 11.3 Å². The van der Waals surface area contributed by atoms with E-state index in [1.54, 1.807) is 11.7 Å². The molecule has 0 radical (unpaired) electrons. The van der Waals surface area contributed by atoms with Crippen LogP contribution in [0.2, 0.25) is 0 Å². The number of benzene rings is 1. The first-order chi connectivity index (χ1) is 10.1. The largest absolute Gasteiger partial charge is 0.352 e. The highest BCUT2D eigenvalue weighted by molar-refractivity contribution is 7.13. The first-order valence-electron chi connectivity index (χ1n) is 6.78. The number of imidazole rings is 1. The maximum absolute atomic E-state index is 12.1. The summed E-state index contributed by atoms with van der Waals surface area (Å²) in [6.07, 6.45) is 1.78. The first kappa shape index (κ1) is 13.8. The molecular weight excluding hydrogens is 284 g/mol. The van der Waals surface area contributed by atoms with Gasteiger partial charge in [0.25, 0.3) is 0 Å². The van der Waals surface area contributed by atoms with Crippen molar-refractivity contribution >= 4 is 28.3 Å². The normalized spacial score (nSPS) is 11.2. The van der Waals surface area contributed by atoms with Crippen molar-refractivity contribution in [2.45, 2.75) is 26.4 Å². The molecule has 0 bridgehead atoms. The Bertz CT molecular complexity index is 761. The molecule has 0 spiro atoms. The highest BCUT2D eigenvalue weighted by atomic mass is 32.1. The summed E-state index contributed by atoms with van der Waals surface area (Å²) in [7, 11) is 0. The number of aromatic nitrogens is 3. The van der Waals surface area contributed by atoms with Crippen LogP contribution in [0, 0.1) is 0 Å². The predicted octanol–water partition coefficient (Wildman–Crippen LogP) is 2.68. The van der Waals surface area contributed by atoms with E-state index < -0.39 is 0 Å². The zero-order chi connectivity index (χ0) is 14.8. The molecule has 108 valence electrons. The van der Waals surface area contributed by atoms with Crippen LogP contribution in [0.4, 0.5) is 0 Å². The molecule has 21 heavy (non-hydrogen) atoms. The highest BCUT2D eigenvalue weighted by Gasteiger charge is 2.16. The summed E-state index contributed by atoms with van der Waals surface area (Å²) < 4.78 is 1.94. The summed E-state index contributed by atoms with van der Waals surface area (Å²) in [6, 6.07) is 7.97. The van der Waals surface area contributed by atoms with Gasteiger partial charge in [-0.2, -0.15) is 0 Å². The van der Waals surface area contributed by atoms with Crippen LogP contribution in [-0.2, 0) is 11.3 Å². The minimum Gasteiger partial charge on any atom is -0.352 e. The lowest BCUT2D eigenvalue weighted by Gasteiger charge is -2.11. The monoisotopic (exact) mass is 300 g/mol. The molecule has 0 fully saturated rings.